The summed E-state index contributed by atoms with van der Waals surface area (Å²) in [5, 5.41) is 2.37. The van der Waals surface area contributed by atoms with Gasteiger partial charge in [0.05, 0.1) is 17.9 Å². The van der Waals surface area contributed by atoms with Crippen molar-refractivity contribution in [3.8, 4) is 0 Å². The zero-order valence-electron chi connectivity index (χ0n) is 17.9. The van der Waals surface area contributed by atoms with Gasteiger partial charge >= 0.3 is 5.97 Å². The molecule has 0 aliphatic heterocycles. The van der Waals surface area contributed by atoms with Crippen LogP contribution in [0.2, 0.25) is 0 Å². The quantitative estimate of drug-likeness (QED) is 0.634. The molecule has 31 heavy (non-hydrogen) atoms. The molecule has 1 amide bonds. The molecule has 1 aliphatic carbocycles. The predicted molar refractivity (Wildman–Crippen MR) is 120 cm³/mol. The van der Waals surface area contributed by atoms with E-state index in [2.05, 4.69) is 14.8 Å². The Morgan fingerprint density at radius 1 is 0.968 bits per heavy atom. The predicted octanol–water partition coefficient (Wildman–Crippen LogP) is 3.69. The van der Waals surface area contributed by atoms with Gasteiger partial charge in [0.15, 0.2) is 0 Å². The lowest BCUT2D eigenvalue weighted by Crippen LogP contribution is -2.40. The second-order valence-electron chi connectivity index (χ2n) is 8.00. The fourth-order valence-electron chi connectivity index (χ4n) is 3.74. The molecule has 3 rings (SSSR count). The SMILES string of the molecule is COC(=O)c1ccc(C(=O)Nc2ccc([C@@H]3CCC[C@@H]3NS(=O)(=O)C(C)C)cc2)cc1. The van der Waals surface area contributed by atoms with Gasteiger partial charge < -0.3 is 10.1 Å². The molecule has 7 nitrogen and oxygen atoms in total. The van der Waals surface area contributed by atoms with Gasteiger partial charge in [-0.2, -0.15) is 0 Å². The topological polar surface area (TPSA) is 102 Å². The number of esters is 1. The number of carbonyl (C=O) groups is 2. The highest BCUT2D eigenvalue weighted by Gasteiger charge is 2.32. The number of rotatable bonds is 7. The number of amides is 1. The van der Waals surface area contributed by atoms with Gasteiger partial charge in [0.2, 0.25) is 10.0 Å². The molecule has 0 unspecified atom stereocenters. The lowest BCUT2D eigenvalue weighted by atomic mass is 9.94. The lowest BCUT2D eigenvalue weighted by Gasteiger charge is -2.23. The van der Waals surface area contributed by atoms with Crippen LogP contribution < -0.4 is 10.0 Å². The third kappa shape index (κ3) is 5.51. The molecule has 0 spiro atoms. The van der Waals surface area contributed by atoms with E-state index in [9.17, 15) is 18.0 Å². The van der Waals surface area contributed by atoms with Crippen LogP contribution in [-0.2, 0) is 14.8 Å². The molecule has 2 N–H and O–H groups in total. The third-order valence-electron chi connectivity index (χ3n) is 5.62. The van der Waals surface area contributed by atoms with Crippen molar-refractivity contribution < 1.29 is 22.7 Å². The van der Waals surface area contributed by atoms with E-state index in [4.69, 9.17) is 0 Å². The molecule has 2 atom stereocenters. The van der Waals surface area contributed by atoms with Gasteiger partial charge in [0, 0.05) is 23.2 Å². The number of anilines is 1. The van der Waals surface area contributed by atoms with Crippen molar-refractivity contribution in [1.29, 1.82) is 0 Å². The van der Waals surface area contributed by atoms with Crippen molar-refractivity contribution in [2.75, 3.05) is 12.4 Å². The summed E-state index contributed by atoms with van der Waals surface area (Å²) in [4.78, 5) is 24.0. The van der Waals surface area contributed by atoms with E-state index in [0.29, 0.717) is 16.8 Å². The molecule has 0 bridgehead atoms. The zero-order chi connectivity index (χ0) is 22.6. The number of ether oxygens (including phenoxy) is 1. The maximum absolute atomic E-state index is 12.5. The third-order valence-corrected chi connectivity index (χ3v) is 7.49. The van der Waals surface area contributed by atoms with Crippen LogP contribution in [0.4, 0.5) is 5.69 Å². The van der Waals surface area contributed by atoms with E-state index in [1.165, 1.54) is 7.11 Å². The first kappa shape index (κ1) is 23.0. The van der Waals surface area contributed by atoms with Crippen LogP contribution in [0.15, 0.2) is 48.5 Å². The molecule has 8 heteroatoms. The maximum atomic E-state index is 12.5. The molecule has 2 aromatic rings. The Morgan fingerprint density at radius 3 is 2.16 bits per heavy atom. The van der Waals surface area contributed by atoms with Crippen LogP contribution >= 0.6 is 0 Å². The summed E-state index contributed by atoms with van der Waals surface area (Å²) in [5.74, 6) is -0.625. The minimum atomic E-state index is -3.32. The largest absolute Gasteiger partial charge is 0.465 e. The summed E-state index contributed by atoms with van der Waals surface area (Å²) in [7, 11) is -2.02. The van der Waals surface area contributed by atoms with Crippen molar-refractivity contribution in [1.82, 2.24) is 4.72 Å². The maximum Gasteiger partial charge on any atom is 0.337 e. The van der Waals surface area contributed by atoms with Gasteiger partial charge in [-0.1, -0.05) is 18.6 Å². The molecule has 0 saturated heterocycles. The summed E-state index contributed by atoms with van der Waals surface area (Å²) in [6.45, 7) is 3.35. The Labute approximate surface area is 183 Å². The van der Waals surface area contributed by atoms with Gasteiger partial charge in [0.25, 0.3) is 5.91 Å². The summed E-state index contributed by atoms with van der Waals surface area (Å²) >= 11 is 0. The van der Waals surface area contributed by atoms with Crippen LogP contribution in [0.3, 0.4) is 0 Å². The molecular weight excluding hydrogens is 416 g/mol. The van der Waals surface area contributed by atoms with E-state index < -0.39 is 21.2 Å². The van der Waals surface area contributed by atoms with Crippen LogP contribution in [0.5, 0.6) is 0 Å². The number of nitrogens with one attached hydrogen (secondary N) is 2. The van der Waals surface area contributed by atoms with Gasteiger partial charge in [-0.05, 0) is 68.7 Å². The Kier molecular flexibility index (Phi) is 7.12. The van der Waals surface area contributed by atoms with Gasteiger partial charge in [-0.3, -0.25) is 4.79 Å². The number of hydrogen-bond donors (Lipinski definition) is 2. The highest BCUT2D eigenvalue weighted by molar-refractivity contribution is 7.90. The van der Waals surface area contributed by atoms with Crippen LogP contribution in [0, 0.1) is 0 Å². The number of benzene rings is 2. The minimum Gasteiger partial charge on any atom is -0.465 e. The van der Waals surface area contributed by atoms with Gasteiger partial charge in [0.1, 0.15) is 0 Å². The Bertz CT molecular complexity index is 1030. The molecule has 1 saturated carbocycles. The molecule has 166 valence electrons. The summed E-state index contributed by atoms with van der Waals surface area (Å²) in [5.41, 5.74) is 2.50. The number of methoxy groups -OCH3 is 1. The minimum absolute atomic E-state index is 0.110. The van der Waals surface area contributed by atoms with Crippen LogP contribution in [0.1, 0.15) is 65.3 Å². The van der Waals surface area contributed by atoms with Crippen LogP contribution in [0.25, 0.3) is 0 Å². The molecule has 0 aromatic heterocycles. The highest BCUT2D eigenvalue weighted by Crippen LogP contribution is 2.35. The highest BCUT2D eigenvalue weighted by atomic mass is 32.2. The second kappa shape index (κ2) is 9.62. The fraction of sp³-hybridized carbons (Fsp3) is 0.391. The van der Waals surface area contributed by atoms with E-state index in [0.717, 1.165) is 24.8 Å². The van der Waals surface area contributed by atoms with E-state index in [1.807, 2.05) is 24.3 Å². The van der Waals surface area contributed by atoms with Crippen LogP contribution in [-0.4, -0.2) is 38.7 Å². The van der Waals surface area contributed by atoms with Crippen molar-refractivity contribution in [3.05, 3.63) is 65.2 Å². The van der Waals surface area contributed by atoms with Crippen molar-refractivity contribution >= 4 is 27.6 Å². The molecule has 0 heterocycles. The standard InChI is InChI=1S/C23H28N2O5S/c1-15(2)31(28,29)25-21-6-4-5-20(21)16-11-13-19(14-12-16)24-22(26)17-7-9-18(10-8-17)23(27)30-3/h7-15,20-21,25H,4-6H2,1-3H3,(H,24,26)/t20-,21-/m0/s1. The second-order valence-corrected chi connectivity index (χ2v) is 10.3. The summed E-state index contributed by atoms with van der Waals surface area (Å²) in [6.07, 6.45) is 2.70. The first-order valence-electron chi connectivity index (χ1n) is 10.3. The van der Waals surface area contributed by atoms with Crippen molar-refractivity contribution in [2.45, 2.75) is 50.3 Å². The fourth-order valence-corrected chi connectivity index (χ4v) is 4.72. The van der Waals surface area contributed by atoms with Crippen molar-refractivity contribution in [3.63, 3.8) is 0 Å². The average Bonchev–Trinajstić information content (AvgIpc) is 3.21. The summed E-state index contributed by atoms with van der Waals surface area (Å²) in [6, 6.07) is 13.6. The Balaban J connectivity index is 1.66. The van der Waals surface area contributed by atoms with E-state index in [1.54, 1.807) is 38.1 Å². The van der Waals surface area contributed by atoms with E-state index in [-0.39, 0.29) is 17.9 Å². The number of hydrogen-bond acceptors (Lipinski definition) is 5. The number of carbonyl (C=O) groups excluding carboxylic acids is 2. The molecule has 0 radical (unpaired) electrons. The first-order valence-corrected chi connectivity index (χ1v) is 11.9. The zero-order valence-corrected chi connectivity index (χ0v) is 18.7. The molecule has 2 aromatic carbocycles. The Morgan fingerprint density at radius 2 is 1.58 bits per heavy atom. The molecular formula is C23H28N2O5S. The Hall–Kier alpha value is -2.71. The van der Waals surface area contributed by atoms with Gasteiger partial charge in [-0.15, -0.1) is 0 Å². The first-order chi connectivity index (χ1) is 14.7. The average molecular weight is 445 g/mol. The molecule has 1 aliphatic rings. The van der Waals surface area contributed by atoms with Crippen molar-refractivity contribution in [2.24, 2.45) is 0 Å². The van der Waals surface area contributed by atoms with Gasteiger partial charge in [-0.25, -0.2) is 17.9 Å². The van der Waals surface area contributed by atoms with E-state index >= 15 is 0 Å². The lowest BCUT2D eigenvalue weighted by molar-refractivity contribution is 0.0600. The monoisotopic (exact) mass is 444 g/mol. The smallest absolute Gasteiger partial charge is 0.337 e. The molecule has 1 fully saturated rings. The normalized spacial score (nSPS) is 18.7. The summed E-state index contributed by atoms with van der Waals surface area (Å²) < 4.78 is 32.0. The number of sulfonamides is 1.